The molecule has 0 spiro atoms. The average Bonchev–Trinajstić information content (AvgIpc) is 3.19. The van der Waals surface area contributed by atoms with Crippen molar-refractivity contribution in [3.05, 3.63) is 33.8 Å². The minimum Gasteiger partial charge on any atom is -0.342 e. The maximum Gasteiger partial charge on any atom is 0.222 e. The van der Waals surface area contributed by atoms with Crippen LogP contribution < -0.4 is 0 Å². The van der Waals surface area contributed by atoms with Gasteiger partial charge in [0.25, 0.3) is 0 Å². The first-order valence-corrected chi connectivity index (χ1v) is 7.62. The first kappa shape index (κ1) is 13.3. The van der Waals surface area contributed by atoms with Crippen molar-refractivity contribution in [2.75, 3.05) is 13.1 Å². The van der Waals surface area contributed by atoms with Crippen molar-refractivity contribution in [1.82, 2.24) is 4.90 Å². The third-order valence-electron chi connectivity index (χ3n) is 4.09. The highest BCUT2D eigenvalue weighted by Crippen LogP contribution is 2.35. The van der Waals surface area contributed by atoms with Gasteiger partial charge in [-0.3, -0.25) is 4.79 Å². The van der Waals surface area contributed by atoms with Crippen LogP contribution >= 0.6 is 23.2 Å². The van der Waals surface area contributed by atoms with E-state index >= 15 is 0 Å². The summed E-state index contributed by atoms with van der Waals surface area (Å²) in [7, 11) is 0. The van der Waals surface area contributed by atoms with E-state index in [2.05, 4.69) is 0 Å². The van der Waals surface area contributed by atoms with E-state index in [1.54, 1.807) is 0 Å². The Bertz CT molecular complexity index is 499. The number of carbonyl (C=O) groups excluding carboxylic acids is 1. The molecule has 19 heavy (non-hydrogen) atoms. The van der Waals surface area contributed by atoms with E-state index in [4.69, 9.17) is 23.2 Å². The van der Waals surface area contributed by atoms with Crippen molar-refractivity contribution < 1.29 is 4.79 Å². The zero-order valence-corrected chi connectivity index (χ0v) is 12.3. The minimum absolute atomic E-state index is 0.309. The van der Waals surface area contributed by atoms with Crippen LogP contribution in [0.4, 0.5) is 0 Å². The minimum atomic E-state index is 0.309. The van der Waals surface area contributed by atoms with E-state index in [1.807, 2.05) is 23.1 Å². The Balaban J connectivity index is 1.73. The van der Waals surface area contributed by atoms with Gasteiger partial charge in [-0.15, -0.1) is 0 Å². The molecule has 1 atom stereocenters. The Hall–Kier alpha value is -0.730. The summed E-state index contributed by atoms with van der Waals surface area (Å²) in [5.74, 6) is 1.45. The highest BCUT2D eigenvalue weighted by atomic mass is 35.5. The first-order chi connectivity index (χ1) is 9.13. The fourth-order valence-electron chi connectivity index (χ4n) is 2.74. The fourth-order valence-corrected chi connectivity index (χ4v) is 3.05. The van der Waals surface area contributed by atoms with Gasteiger partial charge in [0.05, 0.1) is 10.0 Å². The second-order valence-electron chi connectivity index (χ2n) is 5.65. The number of carbonyl (C=O) groups is 1. The van der Waals surface area contributed by atoms with Gasteiger partial charge in [-0.05, 0) is 42.9 Å². The summed E-state index contributed by atoms with van der Waals surface area (Å²) in [5.41, 5.74) is 1.20. The van der Waals surface area contributed by atoms with Crippen molar-refractivity contribution >= 4 is 29.1 Å². The average molecular weight is 298 g/mol. The molecule has 1 saturated carbocycles. The molecule has 4 heteroatoms. The predicted molar refractivity (Wildman–Crippen MR) is 77.7 cm³/mol. The second kappa shape index (κ2) is 5.34. The van der Waals surface area contributed by atoms with E-state index in [0.717, 1.165) is 25.4 Å². The molecular weight excluding hydrogens is 281 g/mol. The van der Waals surface area contributed by atoms with Crippen LogP contribution in [0.2, 0.25) is 10.0 Å². The molecule has 1 saturated heterocycles. The van der Waals surface area contributed by atoms with Gasteiger partial charge >= 0.3 is 0 Å². The van der Waals surface area contributed by atoms with E-state index < -0.39 is 0 Å². The van der Waals surface area contributed by atoms with E-state index in [1.165, 1.54) is 18.4 Å². The van der Waals surface area contributed by atoms with Crippen molar-refractivity contribution in [2.24, 2.45) is 5.92 Å². The number of amides is 1. The summed E-state index contributed by atoms with van der Waals surface area (Å²) >= 11 is 12.0. The molecule has 3 rings (SSSR count). The number of rotatable bonds is 3. The van der Waals surface area contributed by atoms with Gasteiger partial charge < -0.3 is 4.90 Å². The van der Waals surface area contributed by atoms with Gasteiger partial charge in [-0.1, -0.05) is 29.3 Å². The van der Waals surface area contributed by atoms with Gasteiger partial charge in [0.1, 0.15) is 0 Å². The van der Waals surface area contributed by atoms with Gasteiger partial charge in [0.2, 0.25) is 5.91 Å². The predicted octanol–water partition coefficient (Wildman–Crippen LogP) is 4.11. The third kappa shape index (κ3) is 3.06. The highest BCUT2D eigenvalue weighted by Gasteiger charge is 2.31. The zero-order chi connectivity index (χ0) is 13.4. The third-order valence-corrected chi connectivity index (χ3v) is 4.83. The van der Waals surface area contributed by atoms with Crippen LogP contribution in [0, 0.1) is 5.92 Å². The molecule has 1 aromatic rings. The molecule has 1 heterocycles. The number of piperidine rings is 1. The molecule has 1 aliphatic carbocycles. The quantitative estimate of drug-likeness (QED) is 0.822. The molecule has 1 amide bonds. The van der Waals surface area contributed by atoms with E-state index in [0.29, 0.717) is 28.3 Å². The van der Waals surface area contributed by atoms with Crippen LogP contribution in [0.25, 0.3) is 0 Å². The summed E-state index contributed by atoms with van der Waals surface area (Å²) < 4.78 is 0. The number of likely N-dealkylation sites (tertiary alicyclic amines) is 1. The van der Waals surface area contributed by atoms with E-state index in [9.17, 15) is 4.79 Å². The largest absolute Gasteiger partial charge is 0.342 e. The first-order valence-electron chi connectivity index (χ1n) is 6.86. The molecule has 0 aromatic heterocycles. The lowest BCUT2D eigenvalue weighted by atomic mass is 9.90. The van der Waals surface area contributed by atoms with E-state index in [-0.39, 0.29) is 0 Å². The van der Waals surface area contributed by atoms with Crippen LogP contribution in [-0.4, -0.2) is 23.9 Å². The monoisotopic (exact) mass is 297 g/mol. The molecule has 1 aliphatic heterocycles. The smallest absolute Gasteiger partial charge is 0.222 e. The van der Waals surface area contributed by atoms with Gasteiger partial charge in [-0.2, -0.15) is 0 Å². The fraction of sp³-hybridized carbons (Fsp3) is 0.533. The molecular formula is C15H17Cl2NO. The molecule has 1 unspecified atom stereocenters. The Kier molecular flexibility index (Phi) is 3.72. The lowest BCUT2D eigenvalue weighted by Gasteiger charge is -2.33. The summed E-state index contributed by atoms with van der Waals surface area (Å²) in [5, 5.41) is 1.19. The summed E-state index contributed by atoms with van der Waals surface area (Å²) in [6.07, 6.45) is 4.12. The van der Waals surface area contributed by atoms with Crippen LogP contribution in [0.5, 0.6) is 0 Å². The molecule has 2 aliphatic rings. The summed E-state index contributed by atoms with van der Waals surface area (Å²) in [6.45, 7) is 1.77. The molecule has 0 N–H and O–H groups in total. The number of nitrogens with zero attached hydrogens (tertiary/aromatic N) is 1. The SMILES string of the molecule is O=C1CCC(c2ccc(Cl)c(Cl)c2)CN1CC1CC1. The Morgan fingerprint density at radius 1 is 1.16 bits per heavy atom. The van der Waals surface area contributed by atoms with Crippen LogP contribution in [-0.2, 0) is 4.79 Å². The van der Waals surface area contributed by atoms with Crippen molar-refractivity contribution in [2.45, 2.75) is 31.6 Å². The van der Waals surface area contributed by atoms with Crippen LogP contribution in [0.15, 0.2) is 18.2 Å². The maximum absolute atomic E-state index is 11.9. The number of halogens is 2. The van der Waals surface area contributed by atoms with Gasteiger partial charge in [0, 0.05) is 25.4 Å². The molecule has 2 fully saturated rings. The summed E-state index contributed by atoms with van der Waals surface area (Å²) in [6, 6.07) is 5.82. The molecule has 0 bridgehead atoms. The topological polar surface area (TPSA) is 20.3 Å². The summed E-state index contributed by atoms with van der Waals surface area (Å²) in [4.78, 5) is 14.0. The normalized spacial score (nSPS) is 23.8. The number of benzene rings is 1. The molecule has 0 radical (unpaired) electrons. The van der Waals surface area contributed by atoms with Crippen molar-refractivity contribution in [3.63, 3.8) is 0 Å². The molecule has 102 valence electrons. The lowest BCUT2D eigenvalue weighted by Crippen LogP contribution is -2.40. The second-order valence-corrected chi connectivity index (χ2v) is 6.47. The van der Waals surface area contributed by atoms with Gasteiger partial charge in [0.15, 0.2) is 0 Å². The Morgan fingerprint density at radius 2 is 1.95 bits per heavy atom. The molecule has 2 nitrogen and oxygen atoms in total. The van der Waals surface area contributed by atoms with Crippen molar-refractivity contribution in [1.29, 1.82) is 0 Å². The Labute approximate surface area is 123 Å². The maximum atomic E-state index is 11.9. The highest BCUT2D eigenvalue weighted by molar-refractivity contribution is 6.42. The number of hydrogen-bond acceptors (Lipinski definition) is 1. The zero-order valence-electron chi connectivity index (χ0n) is 10.7. The van der Waals surface area contributed by atoms with Crippen LogP contribution in [0.3, 0.4) is 0 Å². The van der Waals surface area contributed by atoms with Crippen molar-refractivity contribution in [3.8, 4) is 0 Å². The Morgan fingerprint density at radius 3 is 2.63 bits per heavy atom. The van der Waals surface area contributed by atoms with Gasteiger partial charge in [-0.25, -0.2) is 0 Å². The standard InChI is InChI=1S/C15H17Cl2NO/c16-13-5-3-11(7-14(13)17)12-4-6-15(19)18(9-12)8-10-1-2-10/h3,5,7,10,12H,1-2,4,6,8-9H2. The number of hydrogen-bond donors (Lipinski definition) is 0. The molecule has 1 aromatic carbocycles. The van der Waals surface area contributed by atoms with Crippen LogP contribution in [0.1, 0.15) is 37.2 Å². The lowest BCUT2D eigenvalue weighted by molar-refractivity contribution is -0.134.